The van der Waals surface area contributed by atoms with Gasteiger partial charge in [0.2, 0.25) is 5.91 Å². The Bertz CT molecular complexity index is 645. The first-order chi connectivity index (χ1) is 10.7. The minimum atomic E-state index is -0.311. The van der Waals surface area contributed by atoms with E-state index in [1.807, 2.05) is 30.3 Å². The second kappa shape index (κ2) is 6.71. The average Bonchev–Trinajstić information content (AvgIpc) is 2.56. The summed E-state index contributed by atoms with van der Waals surface area (Å²) in [6.07, 6.45) is 0.130. The Balaban J connectivity index is 1.65. The van der Waals surface area contributed by atoms with Gasteiger partial charge in [-0.05, 0) is 23.3 Å². The van der Waals surface area contributed by atoms with Gasteiger partial charge in [0.15, 0.2) is 0 Å². The number of rotatable bonds is 3. The van der Waals surface area contributed by atoms with Gasteiger partial charge in [-0.3, -0.25) is 4.79 Å². The minimum Gasteiger partial charge on any atom is -0.370 e. The number of hydrogen-bond acceptors (Lipinski definition) is 2. The molecule has 2 aromatic rings. The first-order valence-corrected chi connectivity index (χ1v) is 7.41. The normalized spacial score (nSPS) is 18.2. The van der Waals surface area contributed by atoms with E-state index in [0.29, 0.717) is 25.3 Å². The van der Waals surface area contributed by atoms with Gasteiger partial charge in [0.05, 0.1) is 19.6 Å². The maximum atomic E-state index is 13.2. The summed E-state index contributed by atoms with van der Waals surface area (Å²) in [6.45, 7) is 1.64. The van der Waals surface area contributed by atoms with Crippen LogP contribution < -0.4 is 0 Å². The number of carbonyl (C=O) groups excluding carboxylic acids is 1. The van der Waals surface area contributed by atoms with Crippen molar-refractivity contribution in [3.63, 3.8) is 0 Å². The van der Waals surface area contributed by atoms with E-state index in [1.165, 1.54) is 12.1 Å². The summed E-state index contributed by atoms with van der Waals surface area (Å²) < 4.78 is 19.0. The zero-order valence-corrected chi connectivity index (χ0v) is 12.2. The van der Waals surface area contributed by atoms with E-state index in [4.69, 9.17) is 4.74 Å². The molecule has 114 valence electrons. The highest BCUT2D eigenvalue weighted by Crippen LogP contribution is 2.22. The van der Waals surface area contributed by atoms with Crippen LogP contribution in [0.15, 0.2) is 54.6 Å². The fourth-order valence-corrected chi connectivity index (χ4v) is 2.68. The van der Waals surface area contributed by atoms with Gasteiger partial charge in [0.25, 0.3) is 0 Å². The number of carbonyl (C=O) groups is 1. The van der Waals surface area contributed by atoms with Gasteiger partial charge in [0, 0.05) is 6.54 Å². The van der Waals surface area contributed by atoms with Crippen LogP contribution in [0.25, 0.3) is 0 Å². The van der Waals surface area contributed by atoms with Crippen molar-refractivity contribution in [2.45, 2.75) is 12.5 Å². The van der Waals surface area contributed by atoms with E-state index in [1.54, 1.807) is 17.0 Å². The van der Waals surface area contributed by atoms with Crippen molar-refractivity contribution in [1.82, 2.24) is 4.90 Å². The Hall–Kier alpha value is -2.20. The topological polar surface area (TPSA) is 29.5 Å². The fraction of sp³-hybridized carbons (Fsp3) is 0.278. The molecule has 0 aromatic heterocycles. The molecule has 1 atom stereocenters. The molecule has 22 heavy (non-hydrogen) atoms. The third kappa shape index (κ3) is 3.52. The van der Waals surface area contributed by atoms with Crippen molar-refractivity contribution >= 4 is 5.91 Å². The predicted molar refractivity (Wildman–Crippen MR) is 81.8 cm³/mol. The van der Waals surface area contributed by atoms with Crippen molar-refractivity contribution in [3.05, 3.63) is 71.5 Å². The number of amides is 1. The molecule has 2 aromatic carbocycles. The number of morpholine rings is 1. The summed E-state index contributed by atoms with van der Waals surface area (Å²) in [7, 11) is 0. The smallest absolute Gasteiger partial charge is 0.227 e. The van der Waals surface area contributed by atoms with Crippen LogP contribution in [0.5, 0.6) is 0 Å². The molecule has 1 aliphatic rings. The molecule has 3 nitrogen and oxygen atoms in total. The van der Waals surface area contributed by atoms with Crippen molar-refractivity contribution in [2.24, 2.45) is 0 Å². The Labute approximate surface area is 129 Å². The maximum absolute atomic E-state index is 13.2. The molecular formula is C18H18FNO2. The first kappa shape index (κ1) is 14.7. The molecule has 0 saturated carbocycles. The molecular weight excluding hydrogens is 281 g/mol. The summed E-state index contributed by atoms with van der Waals surface area (Å²) in [5.74, 6) is -0.302. The quantitative estimate of drug-likeness (QED) is 0.872. The van der Waals surface area contributed by atoms with Crippen LogP contribution in [0.1, 0.15) is 17.2 Å². The van der Waals surface area contributed by atoms with Crippen LogP contribution in [0.3, 0.4) is 0 Å². The van der Waals surface area contributed by atoms with Crippen LogP contribution in [0, 0.1) is 5.82 Å². The van der Waals surface area contributed by atoms with E-state index in [9.17, 15) is 9.18 Å². The molecule has 1 saturated heterocycles. The molecule has 0 bridgehead atoms. The molecule has 1 unspecified atom stereocenters. The molecule has 1 amide bonds. The monoisotopic (exact) mass is 299 g/mol. The SMILES string of the molecule is O=C(Cc1cccc(F)c1)N1CCOC(c2ccccc2)C1. The Morgan fingerprint density at radius 2 is 2.00 bits per heavy atom. The van der Waals surface area contributed by atoms with Gasteiger partial charge < -0.3 is 9.64 Å². The molecule has 1 aliphatic heterocycles. The highest BCUT2D eigenvalue weighted by Gasteiger charge is 2.25. The van der Waals surface area contributed by atoms with E-state index in [2.05, 4.69) is 0 Å². The van der Waals surface area contributed by atoms with Crippen LogP contribution in [0.2, 0.25) is 0 Å². The van der Waals surface area contributed by atoms with Gasteiger partial charge in [-0.25, -0.2) is 4.39 Å². The number of hydrogen-bond donors (Lipinski definition) is 0. The number of benzene rings is 2. The van der Waals surface area contributed by atoms with Gasteiger partial charge in [-0.2, -0.15) is 0 Å². The Kier molecular flexibility index (Phi) is 4.49. The molecule has 0 radical (unpaired) electrons. The number of halogens is 1. The standard InChI is InChI=1S/C18H18FNO2/c19-16-8-4-5-14(11-16)12-18(21)20-9-10-22-17(13-20)15-6-2-1-3-7-15/h1-8,11,17H,9-10,12-13H2. The summed E-state index contributed by atoms with van der Waals surface area (Å²) in [5, 5.41) is 0. The molecule has 1 heterocycles. The maximum Gasteiger partial charge on any atom is 0.227 e. The second-order valence-electron chi connectivity index (χ2n) is 5.42. The van der Waals surface area contributed by atoms with Gasteiger partial charge in [-0.15, -0.1) is 0 Å². The highest BCUT2D eigenvalue weighted by atomic mass is 19.1. The number of ether oxygens (including phenoxy) is 1. The molecule has 1 fully saturated rings. The lowest BCUT2D eigenvalue weighted by atomic mass is 10.1. The molecule has 0 spiro atoms. The lowest BCUT2D eigenvalue weighted by Gasteiger charge is -2.33. The van der Waals surface area contributed by atoms with Crippen LogP contribution in [0.4, 0.5) is 4.39 Å². The fourth-order valence-electron chi connectivity index (χ4n) is 2.68. The lowest BCUT2D eigenvalue weighted by Crippen LogP contribution is -2.42. The van der Waals surface area contributed by atoms with Gasteiger partial charge in [-0.1, -0.05) is 42.5 Å². The van der Waals surface area contributed by atoms with E-state index < -0.39 is 0 Å². The predicted octanol–water partition coefficient (Wildman–Crippen LogP) is 2.97. The molecule has 3 rings (SSSR count). The third-order valence-electron chi connectivity index (χ3n) is 3.83. The number of nitrogens with zero attached hydrogens (tertiary/aromatic N) is 1. The van der Waals surface area contributed by atoms with Crippen molar-refractivity contribution in [1.29, 1.82) is 0 Å². The van der Waals surface area contributed by atoms with Gasteiger partial charge >= 0.3 is 0 Å². The highest BCUT2D eigenvalue weighted by molar-refractivity contribution is 5.78. The molecule has 0 aliphatic carbocycles. The summed E-state index contributed by atoms with van der Waals surface area (Å²) >= 11 is 0. The van der Waals surface area contributed by atoms with E-state index in [-0.39, 0.29) is 24.2 Å². The average molecular weight is 299 g/mol. The lowest BCUT2D eigenvalue weighted by molar-refractivity contribution is -0.138. The first-order valence-electron chi connectivity index (χ1n) is 7.41. The van der Waals surface area contributed by atoms with Crippen LogP contribution in [-0.4, -0.2) is 30.5 Å². The van der Waals surface area contributed by atoms with Gasteiger partial charge in [0.1, 0.15) is 11.9 Å². The van der Waals surface area contributed by atoms with E-state index in [0.717, 1.165) is 5.56 Å². The second-order valence-corrected chi connectivity index (χ2v) is 5.42. The molecule has 4 heteroatoms. The summed E-state index contributed by atoms with van der Waals surface area (Å²) in [6, 6.07) is 16.1. The zero-order valence-electron chi connectivity index (χ0n) is 12.2. The Morgan fingerprint density at radius 3 is 2.77 bits per heavy atom. The van der Waals surface area contributed by atoms with Crippen LogP contribution in [-0.2, 0) is 16.0 Å². The Morgan fingerprint density at radius 1 is 1.18 bits per heavy atom. The largest absolute Gasteiger partial charge is 0.370 e. The van der Waals surface area contributed by atoms with Crippen molar-refractivity contribution in [3.8, 4) is 0 Å². The van der Waals surface area contributed by atoms with Crippen molar-refractivity contribution in [2.75, 3.05) is 19.7 Å². The minimum absolute atomic E-state index is 0.00910. The van der Waals surface area contributed by atoms with Crippen LogP contribution >= 0.6 is 0 Å². The zero-order chi connectivity index (χ0) is 15.4. The van der Waals surface area contributed by atoms with Crippen molar-refractivity contribution < 1.29 is 13.9 Å². The summed E-state index contributed by atoms with van der Waals surface area (Å²) in [5.41, 5.74) is 1.78. The third-order valence-corrected chi connectivity index (χ3v) is 3.83. The summed E-state index contributed by atoms with van der Waals surface area (Å²) in [4.78, 5) is 14.2. The molecule has 0 N–H and O–H groups in total. The van der Waals surface area contributed by atoms with E-state index >= 15 is 0 Å².